The molecule has 1 fully saturated rings. The molecule has 0 aromatic carbocycles. The number of nitrogens with zero attached hydrogens (tertiary/aromatic N) is 1. The Labute approximate surface area is 337 Å². The van der Waals surface area contributed by atoms with Crippen LogP contribution in [0, 0.1) is 17.3 Å². The molecule has 1 aromatic rings. The zero-order chi connectivity index (χ0) is 42.9. The fraction of sp³-hybridized carbons (Fsp3) is 0.489. The molecule has 1 aliphatic heterocycles. The molecule has 0 saturated carbocycles. The fourth-order valence-corrected chi connectivity index (χ4v) is 6.66. The van der Waals surface area contributed by atoms with Crippen LogP contribution < -0.4 is 10.9 Å². The molecule has 5 N–H and O–H groups in total. The van der Waals surface area contributed by atoms with Crippen molar-refractivity contribution in [1.82, 2.24) is 9.88 Å². The van der Waals surface area contributed by atoms with E-state index in [1.807, 2.05) is 65.0 Å². The summed E-state index contributed by atoms with van der Waals surface area (Å²) in [7, 11) is 4.52. The van der Waals surface area contributed by atoms with Crippen molar-refractivity contribution in [1.29, 1.82) is 0 Å². The van der Waals surface area contributed by atoms with E-state index in [1.165, 1.54) is 50.2 Å². The number of aliphatic hydroxyl groups excluding tert-OH is 3. The van der Waals surface area contributed by atoms with Crippen LogP contribution in [0.25, 0.3) is 0 Å². The minimum Gasteiger partial charge on any atom is -0.507 e. The second-order valence-corrected chi connectivity index (χ2v) is 14.9. The molecule has 0 unspecified atom stereocenters. The highest BCUT2D eigenvalue weighted by Gasteiger charge is 2.55. The lowest BCUT2D eigenvalue weighted by Crippen LogP contribution is -2.61. The zero-order valence-corrected chi connectivity index (χ0v) is 35.1. The lowest BCUT2D eigenvalue weighted by molar-refractivity contribution is -0.324. The van der Waals surface area contributed by atoms with Gasteiger partial charge in [-0.15, -0.1) is 0 Å². The highest BCUT2D eigenvalue weighted by molar-refractivity contribution is 6.09. The van der Waals surface area contributed by atoms with E-state index in [0.717, 1.165) is 5.57 Å². The molecule has 314 valence electrons. The molecule has 1 amide bonds. The number of aliphatic hydroxyl groups is 3. The minimum absolute atomic E-state index is 0.145. The summed E-state index contributed by atoms with van der Waals surface area (Å²) in [6.45, 7) is 13.1. The average Bonchev–Trinajstić information content (AvgIpc) is 3.17. The highest BCUT2D eigenvalue weighted by Crippen LogP contribution is 2.46. The summed E-state index contributed by atoms with van der Waals surface area (Å²) in [4.78, 5) is 38.4. The molecule has 2 rings (SSSR count). The topological polar surface area (TPSA) is 177 Å². The summed E-state index contributed by atoms with van der Waals surface area (Å²) < 4.78 is 19.3. The van der Waals surface area contributed by atoms with E-state index < -0.39 is 64.9 Å². The molecule has 1 saturated heterocycles. The first-order valence-electron chi connectivity index (χ1n) is 19.3. The second kappa shape index (κ2) is 23.1. The quantitative estimate of drug-likeness (QED) is 0.0639. The number of allylic oxidation sites excluding steroid dienone is 12. The number of amides is 1. The van der Waals surface area contributed by atoms with Crippen LogP contribution in [0.15, 0.2) is 113 Å². The van der Waals surface area contributed by atoms with E-state index in [4.69, 9.17) is 14.2 Å². The van der Waals surface area contributed by atoms with Gasteiger partial charge in [0.05, 0.1) is 36.4 Å². The first-order chi connectivity index (χ1) is 26.9. The summed E-state index contributed by atoms with van der Waals surface area (Å²) in [6, 6.07) is 1.29. The summed E-state index contributed by atoms with van der Waals surface area (Å²) >= 11 is 0. The zero-order valence-electron chi connectivity index (χ0n) is 35.1. The molecule has 1 aliphatic rings. The molecule has 0 radical (unpaired) electrons. The average molecular weight is 793 g/mol. The number of aromatic hydroxyl groups is 1. The van der Waals surface area contributed by atoms with E-state index in [9.17, 15) is 34.8 Å². The normalized spacial score (nSPS) is 23.6. The molecule has 8 atom stereocenters. The van der Waals surface area contributed by atoms with Gasteiger partial charge in [0, 0.05) is 51.8 Å². The lowest BCUT2D eigenvalue weighted by atomic mass is 9.72. The Morgan fingerprint density at radius 2 is 1.72 bits per heavy atom. The van der Waals surface area contributed by atoms with Gasteiger partial charge in [-0.25, -0.2) is 0 Å². The molecule has 0 spiro atoms. The number of carbonyl (C=O) groups excluding carboxylic acids is 2. The van der Waals surface area contributed by atoms with Gasteiger partial charge in [0.25, 0.3) is 5.56 Å². The van der Waals surface area contributed by atoms with Crippen molar-refractivity contribution in [2.75, 3.05) is 20.8 Å². The standard InChI is InChI=1S/C45H64N2O10/c1-11-13-17-25-37-44(6,7)36(50)29-45(56-10,57-37)33(12-2)42(53)46-27-21-20-23-31(4)41(55-9)32(5)40(52)35(49)24-19-16-14-15-18-22-30(3)39(51)38-34(48)26-28-47(8)43(38)54/h11,13-26,28,32-33,35-37,40-41,48-50,52H,12,27,29H2,1-10H3,(H,46,53)/b13-11+,16-14+,18-15+,21-20+,24-19+,25-17+,30-22+,31-23+/t32-,33+,35+,36+,37-,40-,41+,45-/m1/s1. The van der Waals surface area contributed by atoms with Crippen LogP contribution in [0.1, 0.15) is 71.7 Å². The van der Waals surface area contributed by atoms with Crippen LogP contribution in [-0.4, -0.2) is 93.8 Å². The van der Waals surface area contributed by atoms with Gasteiger partial charge >= 0.3 is 0 Å². The van der Waals surface area contributed by atoms with Gasteiger partial charge in [-0.3, -0.25) is 14.4 Å². The number of aryl methyl sites for hydroxylation is 1. The first-order valence-corrected chi connectivity index (χ1v) is 19.3. The predicted molar refractivity (Wildman–Crippen MR) is 223 cm³/mol. The largest absolute Gasteiger partial charge is 0.507 e. The van der Waals surface area contributed by atoms with E-state index in [0.29, 0.717) is 6.42 Å². The number of aromatic nitrogens is 1. The number of Topliss-reactive ketones (excluding diaryl/α,β-unsaturated/α-hetero) is 1. The van der Waals surface area contributed by atoms with Crippen LogP contribution in [0.4, 0.5) is 0 Å². The van der Waals surface area contributed by atoms with Crippen molar-refractivity contribution in [3.63, 3.8) is 0 Å². The third kappa shape index (κ3) is 13.0. The molecule has 12 heteroatoms. The van der Waals surface area contributed by atoms with Gasteiger partial charge < -0.3 is 44.5 Å². The fourth-order valence-electron chi connectivity index (χ4n) is 6.66. The van der Waals surface area contributed by atoms with Crippen molar-refractivity contribution < 1.29 is 44.2 Å². The van der Waals surface area contributed by atoms with Gasteiger partial charge in [-0.1, -0.05) is 113 Å². The number of rotatable bonds is 20. The number of ketones is 1. The predicted octanol–water partition coefficient (Wildman–Crippen LogP) is 5.56. The number of hydrogen-bond donors (Lipinski definition) is 5. The number of hydrogen-bond acceptors (Lipinski definition) is 10. The van der Waals surface area contributed by atoms with Gasteiger partial charge in [0.15, 0.2) is 11.6 Å². The van der Waals surface area contributed by atoms with E-state index in [-0.39, 0.29) is 35.8 Å². The molecule has 0 aliphatic carbocycles. The smallest absolute Gasteiger partial charge is 0.265 e. The Morgan fingerprint density at radius 1 is 1.05 bits per heavy atom. The maximum absolute atomic E-state index is 13.5. The Kier molecular flexibility index (Phi) is 19.7. The molecule has 12 nitrogen and oxygen atoms in total. The van der Waals surface area contributed by atoms with Crippen molar-refractivity contribution >= 4 is 11.7 Å². The third-order valence-electron chi connectivity index (χ3n) is 10.5. The molecule has 0 bridgehead atoms. The van der Waals surface area contributed by atoms with Crippen molar-refractivity contribution in [3.8, 4) is 5.75 Å². The number of methoxy groups -OCH3 is 2. The number of ether oxygens (including phenoxy) is 3. The summed E-state index contributed by atoms with van der Waals surface area (Å²) in [5.74, 6) is -3.68. The number of nitrogens with one attached hydrogen (secondary N) is 1. The van der Waals surface area contributed by atoms with Gasteiger partial charge in [0.1, 0.15) is 11.3 Å². The molecular weight excluding hydrogens is 728 g/mol. The van der Waals surface area contributed by atoms with Crippen LogP contribution in [0.2, 0.25) is 0 Å². The van der Waals surface area contributed by atoms with Gasteiger partial charge in [-0.05, 0) is 44.4 Å². The molecule has 57 heavy (non-hydrogen) atoms. The van der Waals surface area contributed by atoms with Gasteiger partial charge in [0.2, 0.25) is 5.91 Å². The van der Waals surface area contributed by atoms with Crippen molar-refractivity contribution in [2.45, 2.75) is 97.6 Å². The van der Waals surface area contributed by atoms with Crippen LogP contribution in [-0.2, 0) is 26.1 Å². The van der Waals surface area contributed by atoms with Crippen molar-refractivity contribution in [3.05, 3.63) is 124 Å². The SMILES string of the molecule is C/C=C/C=C/[C@H]1O[C@@](OC)([C@@H](CC)C(=O)NC/C=C/C=C(\C)[C@H](OC)[C@H](C)[C@@H](O)[C@@H](O)/C=C/C=C/C=C/C=C(\C)C(=O)c2c(O)ccn(C)c2=O)C[C@H](O)C1(C)C. The summed E-state index contributed by atoms with van der Waals surface area (Å²) in [5.41, 5.74) is -0.403. The number of pyridine rings is 1. The molecule has 2 heterocycles. The van der Waals surface area contributed by atoms with Crippen LogP contribution >= 0.6 is 0 Å². The third-order valence-corrected chi connectivity index (χ3v) is 10.5. The molecule has 1 aromatic heterocycles. The Morgan fingerprint density at radius 3 is 2.35 bits per heavy atom. The van der Waals surface area contributed by atoms with E-state index in [2.05, 4.69) is 5.32 Å². The maximum Gasteiger partial charge on any atom is 0.265 e. The van der Waals surface area contributed by atoms with E-state index in [1.54, 1.807) is 56.4 Å². The Balaban J connectivity index is 1.98. The van der Waals surface area contributed by atoms with Crippen molar-refractivity contribution in [2.24, 2.45) is 24.3 Å². The van der Waals surface area contributed by atoms with Crippen LogP contribution in [0.5, 0.6) is 5.75 Å². The Hall–Kier alpha value is -4.43. The van der Waals surface area contributed by atoms with E-state index >= 15 is 0 Å². The Bertz CT molecular complexity index is 1800. The molecular formula is C45H64N2O10. The van der Waals surface area contributed by atoms with Gasteiger partial charge in [-0.2, -0.15) is 0 Å². The number of carbonyl (C=O) groups is 2. The van der Waals surface area contributed by atoms with Crippen LogP contribution in [0.3, 0.4) is 0 Å². The lowest BCUT2D eigenvalue weighted by Gasteiger charge is -2.52. The maximum atomic E-state index is 13.5. The highest BCUT2D eigenvalue weighted by atomic mass is 16.7. The first kappa shape index (κ1) is 48.7. The monoisotopic (exact) mass is 792 g/mol. The second-order valence-electron chi connectivity index (χ2n) is 14.9. The summed E-state index contributed by atoms with van der Waals surface area (Å²) in [6.07, 6.45) is 21.9. The summed E-state index contributed by atoms with van der Waals surface area (Å²) in [5, 5.41) is 45.7. The minimum atomic E-state index is -1.31.